The van der Waals surface area contributed by atoms with E-state index in [9.17, 15) is 9.59 Å². The van der Waals surface area contributed by atoms with Crippen molar-refractivity contribution < 1.29 is 14.3 Å². The first kappa shape index (κ1) is 17.6. The lowest BCUT2D eigenvalue weighted by atomic mass is 10.1. The van der Waals surface area contributed by atoms with Crippen LogP contribution in [0.1, 0.15) is 73.2 Å². The van der Waals surface area contributed by atoms with Crippen LogP contribution in [0.2, 0.25) is 0 Å². The quantitative estimate of drug-likeness (QED) is 0.560. The molecule has 21 heavy (non-hydrogen) atoms. The molecule has 0 aromatic carbocycles. The van der Waals surface area contributed by atoms with Gasteiger partial charge in [0.05, 0.1) is 6.61 Å². The van der Waals surface area contributed by atoms with E-state index in [4.69, 9.17) is 4.74 Å². The van der Waals surface area contributed by atoms with Crippen LogP contribution in [-0.2, 0) is 4.74 Å². The molecule has 1 aromatic rings. The van der Waals surface area contributed by atoms with E-state index in [1.54, 1.807) is 12.3 Å². The van der Waals surface area contributed by atoms with Gasteiger partial charge in [-0.1, -0.05) is 32.6 Å². The van der Waals surface area contributed by atoms with Crippen LogP contribution in [0, 0.1) is 0 Å². The Morgan fingerprint density at radius 3 is 2.76 bits per heavy atom. The maximum absolute atomic E-state index is 12.0. The normalized spacial score (nSPS) is 12.0. The molecule has 1 amide bonds. The second kappa shape index (κ2) is 9.50. The molecule has 1 rings (SSSR count). The monoisotopic (exact) mass is 312 g/mol. The molecule has 1 N–H and O–H groups in total. The van der Waals surface area contributed by atoms with Crippen LogP contribution in [0.15, 0.2) is 5.38 Å². The smallest absolute Gasteiger partial charge is 0.367 e. The number of carbonyl (C=O) groups excluding carboxylic acids is 2. The van der Waals surface area contributed by atoms with E-state index in [1.165, 1.54) is 19.3 Å². The van der Waals surface area contributed by atoms with Crippen molar-refractivity contribution in [3.05, 3.63) is 16.1 Å². The van der Waals surface area contributed by atoms with E-state index in [0.29, 0.717) is 6.61 Å². The Hall–Kier alpha value is -1.43. The second-order valence-electron chi connectivity index (χ2n) is 4.98. The zero-order chi connectivity index (χ0) is 15.7. The molecule has 0 aliphatic rings. The fourth-order valence-corrected chi connectivity index (χ4v) is 2.60. The van der Waals surface area contributed by atoms with Crippen molar-refractivity contribution >= 4 is 23.2 Å². The van der Waals surface area contributed by atoms with E-state index < -0.39 is 5.97 Å². The summed E-state index contributed by atoms with van der Waals surface area (Å²) in [5.41, 5.74) is 0.281. The third kappa shape index (κ3) is 6.25. The lowest BCUT2D eigenvalue weighted by Crippen LogP contribution is -2.32. The van der Waals surface area contributed by atoms with Crippen LogP contribution in [-0.4, -0.2) is 29.5 Å². The van der Waals surface area contributed by atoms with Crippen LogP contribution in [0.3, 0.4) is 0 Å². The topological polar surface area (TPSA) is 68.3 Å². The van der Waals surface area contributed by atoms with Gasteiger partial charge in [0.1, 0.15) is 5.69 Å². The largest absolute Gasteiger partial charge is 0.461 e. The second-order valence-corrected chi connectivity index (χ2v) is 5.84. The van der Waals surface area contributed by atoms with E-state index in [-0.39, 0.29) is 22.7 Å². The van der Waals surface area contributed by atoms with Gasteiger partial charge >= 0.3 is 5.97 Å². The highest BCUT2D eigenvalue weighted by Gasteiger charge is 2.17. The lowest BCUT2D eigenvalue weighted by Gasteiger charge is -2.12. The van der Waals surface area contributed by atoms with Crippen LogP contribution < -0.4 is 5.32 Å². The number of unbranched alkanes of at least 4 members (excludes halogenated alkanes) is 3. The van der Waals surface area contributed by atoms with Crippen molar-refractivity contribution in [3.63, 3.8) is 0 Å². The van der Waals surface area contributed by atoms with Crippen LogP contribution in [0.5, 0.6) is 0 Å². The summed E-state index contributed by atoms with van der Waals surface area (Å²) >= 11 is 1.13. The Morgan fingerprint density at radius 2 is 2.10 bits per heavy atom. The van der Waals surface area contributed by atoms with Gasteiger partial charge in [0.15, 0.2) is 0 Å². The molecular formula is C15H24N2O3S. The number of esters is 1. The van der Waals surface area contributed by atoms with Crippen molar-refractivity contribution in [1.29, 1.82) is 0 Å². The number of hydrogen-bond donors (Lipinski definition) is 1. The van der Waals surface area contributed by atoms with Gasteiger partial charge in [-0.15, -0.1) is 11.3 Å². The van der Waals surface area contributed by atoms with Crippen molar-refractivity contribution in [1.82, 2.24) is 10.3 Å². The third-order valence-electron chi connectivity index (χ3n) is 3.06. The van der Waals surface area contributed by atoms with Gasteiger partial charge in [-0.05, 0) is 20.3 Å². The average molecular weight is 312 g/mol. The molecule has 0 spiro atoms. The van der Waals surface area contributed by atoms with Crippen LogP contribution in [0.25, 0.3) is 0 Å². The van der Waals surface area contributed by atoms with E-state index in [0.717, 1.165) is 24.2 Å². The van der Waals surface area contributed by atoms with Gasteiger partial charge in [0, 0.05) is 11.4 Å². The first-order chi connectivity index (χ1) is 10.1. The summed E-state index contributed by atoms with van der Waals surface area (Å²) in [5.74, 6) is -0.709. The fourth-order valence-electron chi connectivity index (χ4n) is 1.91. The van der Waals surface area contributed by atoms with Crippen LogP contribution >= 0.6 is 11.3 Å². The van der Waals surface area contributed by atoms with E-state index >= 15 is 0 Å². The Balaban J connectivity index is 2.43. The molecule has 0 fully saturated rings. The first-order valence-electron chi connectivity index (χ1n) is 7.52. The highest BCUT2D eigenvalue weighted by atomic mass is 32.1. The number of amides is 1. The molecule has 0 aliphatic heterocycles. The predicted molar refractivity (Wildman–Crippen MR) is 83.8 cm³/mol. The Morgan fingerprint density at radius 1 is 1.33 bits per heavy atom. The summed E-state index contributed by atoms with van der Waals surface area (Å²) in [6, 6.07) is 0.113. The summed E-state index contributed by atoms with van der Waals surface area (Å²) in [6.45, 7) is 6.20. The number of aromatic nitrogens is 1. The van der Waals surface area contributed by atoms with Gasteiger partial charge in [-0.25, -0.2) is 9.78 Å². The SMILES string of the molecule is CCCCCCC(C)NC(=O)c1csc(C(=O)OCC)n1. The van der Waals surface area contributed by atoms with Gasteiger partial charge in [0.2, 0.25) is 5.01 Å². The molecule has 5 nitrogen and oxygen atoms in total. The number of rotatable bonds is 9. The molecular weight excluding hydrogens is 288 g/mol. The van der Waals surface area contributed by atoms with Crippen molar-refractivity contribution in [2.45, 2.75) is 58.9 Å². The minimum atomic E-state index is -0.478. The number of ether oxygens (including phenoxy) is 1. The van der Waals surface area contributed by atoms with Crippen molar-refractivity contribution in [2.24, 2.45) is 0 Å². The number of nitrogens with one attached hydrogen (secondary N) is 1. The summed E-state index contributed by atoms with van der Waals surface area (Å²) in [7, 11) is 0. The zero-order valence-corrected chi connectivity index (χ0v) is 13.8. The predicted octanol–water partition coefficient (Wildman–Crippen LogP) is 3.41. The maximum Gasteiger partial charge on any atom is 0.367 e. The number of nitrogens with zero attached hydrogens (tertiary/aromatic N) is 1. The molecule has 0 aliphatic carbocycles. The van der Waals surface area contributed by atoms with Gasteiger partial charge in [-0.3, -0.25) is 4.79 Å². The minimum Gasteiger partial charge on any atom is -0.461 e. The van der Waals surface area contributed by atoms with Crippen molar-refractivity contribution in [2.75, 3.05) is 6.61 Å². The Kier molecular flexibility index (Phi) is 7.97. The van der Waals surface area contributed by atoms with E-state index in [2.05, 4.69) is 17.2 Å². The van der Waals surface area contributed by atoms with E-state index in [1.807, 2.05) is 6.92 Å². The minimum absolute atomic E-state index is 0.113. The highest BCUT2D eigenvalue weighted by molar-refractivity contribution is 7.11. The van der Waals surface area contributed by atoms with Crippen molar-refractivity contribution in [3.8, 4) is 0 Å². The summed E-state index contributed by atoms with van der Waals surface area (Å²) in [5, 5.41) is 4.72. The molecule has 118 valence electrons. The molecule has 1 unspecified atom stereocenters. The van der Waals surface area contributed by atoms with Gasteiger partial charge < -0.3 is 10.1 Å². The molecule has 0 radical (unpaired) electrons. The van der Waals surface area contributed by atoms with Gasteiger partial charge in [0.25, 0.3) is 5.91 Å². The Labute approximate surface area is 130 Å². The number of carbonyl (C=O) groups is 2. The average Bonchev–Trinajstić information content (AvgIpc) is 2.94. The summed E-state index contributed by atoms with van der Waals surface area (Å²) in [6.07, 6.45) is 5.70. The Bertz CT molecular complexity index is 460. The molecule has 6 heteroatoms. The molecule has 1 aromatic heterocycles. The number of thiazole rings is 1. The first-order valence-corrected chi connectivity index (χ1v) is 8.39. The molecule has 0 saturated carbocycles. The van der Waals surface area contributed by atoms with Gasteiger partial charge in [-0.2, -0.15) is 0 Å². The summed E-state index contributed by atoms with van der Waals surface area (Å²) < 4.78 is 4.86. The van der Waals surface area contributed by atoms with Crippen LogP contribution in [0.4, 0.5) is 0 Å². The molecule has 0 bridgehead atoms. The fraction of sp³-hybridized carbons (Fsp3) is 0.667. The standard InChI is InChI=1S/C15H24N2O3S/c1-4-6-7-8-9-11(3)16-13(18)12-10-21-14(17-12)15(19)20-5-2/h10-11H,4-9H2,1-3H3,(H,16,18). The lowest BCUT2D eigenvalue weighted by molar-refractivity contribution is 0.0526. The number of hydrogen-bond acceptors (Lipinski definition) is 5. The molecule has 0 saturated heterocycles. The third-order valence-corrected chi connectivity index (χ3v) is 3.88. The maximum atomic E-state index is 12.0. The molecule has 1 atom stereocenters. The highest BCUT2D eigenvalue weighted by Crippen LogP contribution is 2.12. The molecule has 1 heterocycles. The zero-order valence-electron chi connectivity index (χ0n) is 13.0. The summed E-state index contributed by atoms with van der Waals surface area (Å²) in [4.78, 5) is 27.5.